The molecule has 1 aliphatic heterocycles. The number of hydrogen-bond acceptors (Lipinski definition) is 3. The van der Waals surface area contributed by atoms with Crippen LogP contribution in [0.15, 0.2) is 42.6 Å². The summed E-state index contributed by atoms with van der Waals surface area (Å²) in [4.78, 5) is 16.3. The summed E-state index contributed by atoms with van der Waals surface area (Å²) in [6, 6.07) is 11.3. The predicted octanol–water partition coefficient (Wildman–Crippen LogP) is 2.67. The standard InChI is InChI=1S/C18H19FN2O/c1-12-8-15(6-7-20-12)18(22)10-14-4-2-13(3-5-14)9-17-16(19)11-21-17/h2-8,16-17,21H,9-11H2,1H3/t16-,17-/m0/s1. The van der Waals surface area contributed by atoms with Crippen LogP contribution in [0.25, 0.3) is 0 Å². The normalized spacial score (nSPS) is 20.5. The third-order valence-corrected chi connectivity index (χ3v) is 4.07. The Balaban J connectivity index is 1.62. The lowest BCUT2D eigenvalue weighted by Gasteiger charge is -2.32. The van der Waals surface area contributed by atoms with Crippen molar-refractivity contribution in [2.75, 3.05) is 6.54 Å². The summed E-state index contributed by atoms with van der Waals surface area (Å²) in [5, 5.41) is 3.08. The van der Waals surface area contributed by atoms with E-state index >= 15 is 0 Å². The van der Waals surface area contributed by atoms with Crippen molar-refractivity contribution in [1.82, 2.24) is 10.3 Å². The first-order valence-electron chi connectivity index (χ1n) is 7.53. The van der Waals surface area contributed by atoms with Gasteiger partial charge in [-0.2, -0.15) is 0 Å². The van der Waals surface area contributed by atoms with Gasteiger partial charge in [-0.05, 0) is 36.6 Å². The van der Waals surface area contributed by atoms with Crippen molar-refractivity contribution < 1.29 is 9.18 Å². The van der Waals surface area contributed by atoms with Crippen LogP contribution in [0.5, 0.6) is 0 Å². The Labute approximate surface area is 129 Å². The molecule has 1 saturated heterocycles. The van der Waals surface area contributed by atoms with Gasteiger partial charge in [0.15, 0.2) is 5.78 Å². The number of benzene rings is 1. The first-order chi connectivity index (χ1) is 10.6. The Morgan fingerprint density at radius 1 is 1.27 bits per heavy atom. The molecule has 0 spiro atoms. The first kappa shape index (κ1) is 14.9. The number of nitrogens with one attached hydrogen (secondary N) is 1. The third kappa shape index (κ3) is 3.39. The number of pyridine rings is 1. The van der Waals surface area contributed by atoms with Crippen molar-refractivity contribution in [2.45, 2.75) is 32.0 Å². The number of rotatable bonds is 5. The lowest BCUT2D eigenvalue weighted by molar-refractivity contribution is 0.0993. The van der Waals surface area contributed by atoms with Crippen LogP contribution in [-0.2, 0) is 12.8 Å². The summed E-state index contributed by atoms with van der Waals surface area (Å²) in [6.45, 7) is 2.33. The van der Waals surface area contributed by atoms with Gasteiger partial charge in [-0.1, -0.05) is 24.3 Å². The highest BCUT2D eigenvalue weighted by atomic mass is 19.1. The number of Topliss-reactive ketones (excluding diaryl/α,β-unsaturated/α-hetero) is 1. The Bertz CT molecular complexity index is 669. The van der Waals surface area contributed by atoms with Crippen molar-refractivity contribution >= 4 is 5.78 Å². The quantitative estimate of drug-likeness (QED) is 0.863. The monoisotopic (exact) mass is 298 g/mol. The smallest absolute Gasteiger partial charge is 0.167 e. The van der Waals surface area contributed by atoms with E-state index in [2.05, 4.69) is 10.3 Å². The number of hydrogen-bond donors (Lipinski definition) is 1. The molecule has 1 aliphatic rings. The van der Waals surface area contributed by atoms with E-state index in [1.807, 2.05) is 31.2 Å². The minimum atomic E-state index is -0.740. The second-order valence-corrected chi connectivity index (χ2v) is 5.84. The molecule has 4 heteroatoms. The number of ketones is 1. The average molecular weight is 298 g/mol. The van der Waals surface area contributed by atoms with Crippen molar-refractivity contribution in [3.05, 3.63) is 65.0 Å². The van der Waals surface area contributed by atoms with Crippen LogP contribution in [0.2, 0.25) is 0 Å². The molecule has 1 fully saturated rings. The molecule has 22 heavy (non-hydrogen) atoms. The molecule has 3 rings (SSSR count). The Kier molecular flexibility index (Phi) is 4.29. The molecule has 0 radical (unpaired) electrons. The van der Waals surface area contributed by atoms with Crippen LogP contribution in [0.1, 0.15) is 27.2 Å². The van der Waals surface area contributed by atoms with Crippen LogP contribution >= 0.6 is 0 Å². The Morgan fingerprint density at radius 3 is 2.59 bits per heavy atom. The summed E-state index contributed by atoms with van der Waals surface area (Å²) >= 11 is 0. The fourth-order valence-electron chi connectivity index (χ4n) is 2.63. The van der Waals surface area contributed by atoms with Gasteiger partial charge in [0.1, 0.15) is 6.17 Å². The van der Waals surface area contributed by atoms with Gasteiger partial charge in [0, 0.05) is 36.5 Å². The summed E-state index contributed by atoms with van der Waals surface area (Å²) in [5.74, 6) is 0.0859. The van der Waals surface area contributed by atoms with E-state index < -0.39 is 6.17 Å². The molecule has 0 unspecified atom stereocenters. The zero-order valence-corrected chi connectivity index (χ0v) is 12.6. The minimum Gasteiger partial charge on any atom is -0.308 e. The molecule has 1 N–H and O–H groups in total. The van der Waals surface area contributed by atoms with Crippen LogP contribution in [0, 0.1) is 6.92 Å². The summed E-state index contributed by atoms with van der Waals surface area (Å²) in [6.07, 6.45) is 1.98. The maximum Gasteiger partial charge on any atom is 0.167 e. The molecule has 3 nitrogen and oxygen atoms in total. The van der Waals surface area contributed by atoms with E-state index in [1.54, 1.807) is 18.3 Å². The van der Waals surface area contributed by atoms with Gasteiger partial charge in [0.25, 0.3) is 0 Å². The minimum absolute atomic E-state index is 0.0627. The zero-order valence-electron chi connectivity index (χ0n) is 12.6. The van der Waals surface area contributed by atoms with Crippen LogP contribution in [0.3, 0.4) is 0 Å². The van der Waals surface area contributed by atoms with Gasteiger partial charge < -0.3 is 5.32 Å². The predicted molar refractivity (Wildman–Crippen MR) is 83.8 cm³/mol. The molecule has 0 bridgehead atoms. The van der Waals surface area contributed by atoms with Gasteiger partial charge >= 0.3 is 0 Å². The molecule has 1 aromatic carbocycles. The van der Waals surface area contributed by atoms with E-state index in [0.717, 1.165) is 16.8 Å². The number of halogens is 1. The number of carbonyl (C=O) groups is 1. The van der Waals surface area contributed by atoms with E-state index in [9.17, 15) is 9.18 Å². The van der Waals surface area contributed by atoms with E-state index in [1.165, 1.54) is 0 Å². The van der Waals surface area contributed by atoms with Crippen molar-refractivity contribution in [3.8, 4) is 0 Å². The lowest BCUT2D eigenvalue weighted by Crippen LogP contribution is -2.55. The Hall–Kier alpha value is -2.07. The fourth-order valence-corrected chi connectivity index (χ4v) is 2.63. The maximum absolute atomic E-state index is 13.2. The Morgan fingerprint density at radius 2 is 2.00 bits per heavy atom. The van der Waals surface area contributed by atoms with E-state index in [0.29, 0.717) is 24.9 Å². The summed E-state index contributed by atoms with van der Waals surface area (Å²) < 4.78 is 13.2. The molecular weight excluding hydrogens is 279 g/mol. The third-order valence-electron chi connectivity index (χ3n) is 4.07. The molecule has 1 aromatic heterocycles. The average Bonchev–Trinajstić information content (AvgIpc) is 2.52. The van der Waals surface area contributed by atoms with Crippen LogP contribution < -0.4 is 5.32 Å². The van der Waals surface area contributed by atoms with E-state index in [4.69, 9.17) is 0 Å². The van der Waals surface area contributed by atoms with Gasteiger partial charge in [0.2, 0.25) is 0 Å². The van der Waals surface area contributed by atoms with Gasteiger partial charge in [-0.25, -0.2) is 4.39 Å². The first-order valence-corrected chi connectivity index (χ1v) is 7.53. The summed E-state index contributed by atoms with van der Waals surface area (Å²) in [5.41, 5.74) is 3.60. The highest BCUT2D eigenvalue weighted by molar-refractivity contribution is 5.97. The van der Waals surface area contributed by atoms with Crippen molar-refractivity contribution in [2.24, 2.45) is 0 Å². The molecular formula is C18H19FN2O. The highest BCUT2D eigenvalue weighted by Gasteiger charge is 2.29. The molecule has 0 amide bonds. The largest absolute Gasteiger partial charge is 0.308 e. The fraction of sp³-hybridized carbons (Fsp3) is 0.333. The summed E-state index contributed by atoms with van der Waals surface area (Å²) in [7, 11) is 0. The number of carbonyl (C=O) groups excluding carboxylic acids is 1. The second kappa shape index (κ2) is 6.36. The molecule has 2 aromatic rings. The number of aromatic nitrogens is 1. The molecule has 114 valence electrons. The van der Waals surface area contributed by atoms with Gasteiger partial charge in [-0.3, -0.25) is 9.78 Å². The number of nitrogens with zero attached hydrogens (tertiary/aromatic N) is 1. The SMILES string of the molecule is Cc1cc(C(=O)Cc2ccc(C[C@@H]3NC[C@@H]3F)cc2)ccn1. The topological polar surface area (TPSA) is 42.0 Å². The number of alkyl halides is 1. The van der Waals surface area contributed by atoms with Crippen molar-refractivity contribution in [1.29, 1.82) is 0 Å². The molecule has 0 saturated carbocycles. The molecule has 2 atom stereocenters. The maximum atomic E-state index is 13.2. The van der Waals surface area contributed by atoms with Gasteiger partial charge in [0.05, 0.1) is 0 Å². The lowest BCUT2D eigenvalue weighted by atomic mass is 9.95. The van der Waals surface area contributed by atoms with Crippen LogP contribution in [0.4, 0.5) is 4.39 Å². The van der Waals surface area contributed by atoms with Crippen molar-refractivity contribution in [3.63, 3.8) is 0 Å². The highest BCUT2D eigenvalue weighted by Crippen LogP contribution is 2.16. The molecule has 0 aliphatic carbocycles. The second-order valence-electron chi connectivity index (χ2n) is 5.84. The van der Waals surface area contributed by atoms with Crippen LogP contribution in [-0.4, -0.2) is 29.5 Å². The van der Waals surface area contributed by atoms with Gasteiger partial charge in [-0.15, -0.1) is 0 Å². The zero-order chi connectivity index (χ0) is 15.5. The van der Waals surface area contributed by atoms with E-state index in [-0.39, 0.29) is 11.8 Å². The molecule has 2 heterocycles. The number of aryl methyl sites for hydroxylation is 1.